The van der Waals surface area contributed by atoms with Gasteiger partial charge in [-0.2, -0.15) is 5.10 Å². The number of rotatable bonds is 3. The number of aliphatic hydroxyl groups excluding tert-OH is 1. The lowest BCUT2D eigenvalue weighted by Crippen LogP contribution is -2.38. The van der Waals surface area contributed by atoms with E-state index >= 15 is 0 Å². The zero-order valence-corrected chi connectivity index (χ0v) is 13.1. The molecule has 0 amide bonds. The van der Waals surface area contributed by atoms with Crippen LogP contribution in [-0.4, -0.2) is 41.1 Å². The van der Waals surface area contributed by atoms with Crippen LogP contribution in [0, 0.1) is 5.41 Å². The van der Waals surface area contributed by atoms with Crippen LogP contribution in [0.15, 0.2) is 33.6 Å². The van der Waals surface area contributed by atoms with Crippen molar-refractivity contribution in [2.75, 3.05) is 6.61 Å². The summed E-state index contributed by atoms with van der Waals surface area (Å²) >= 11 is 0. The first kappa shape index (κ1) is 15.7. The topological polar surface area (TPSA) is 83.4 Å². The molecule has 0 aromatic heterocycles. The average molecular weight is 292 g/mol. The Labute approximate surface area is 125 Å². The molecule has 2 aliphatic rings. The maximum Gasteiger partial charge on any atom is 0.150 e. The fourth-order valence-electron chi connectivity index (χ4n) is 2.93. The summed E-state index contributed by atoms with van der Waals surface area (Å²) in [4.78, 5) is 4.03. The van der Waals surface area contributed by atoms with E-state index in [9.17, 15) is 5.11 Å². The van der Waals surface area contributed by atoms with Gasteiger partial charge in [0.05, 0.1) is 18.4 Å². The van der Waals surface area contributed by atoms with Crippen molar-refractivity contribution in [3.63, 3.8) is 0 Å². The first-order valence-electron chi connectivity index (χ1n) is 7.19. The average Bonchev–Trinajstić information content (AvgIpc) is 2.75. The molecule has 2 heterocycles. The summed E-state index contributed by atoms with van der Waals surface area (Å²) in [6, 6.07) is 0. The second-order valence-corrected chi connectivity index (χ2v) is 5.96. The van der Waals surface area contributed by atoms with Crippen molar-refractivity contribution >= 4 is 12.2 Å². The van der Waals surface area contributed by atoms with Crippen molar-refractivity contribution in [2.45, 2.75) is 46.3 Å². The van der Waals surface area contributed by atoms with Gasteiger partial charge in [-0.05, 0) is 25.7 Å². The largest absolute Gasteiger partial charge is 0.394 e. The summed E-state index contributed by atoms with van der Waals surface area (Å²) in [5.41, 5.74) is 7.51. The lowest BCUT2D eigenvalue weighted by atomic mass is 9.82. The Hall–Kier alpha value is -1.66. The molecule has 0 spiro atoms. The minimum absolute atomic E-state index is 0.0280. The highest BCUT2D eigenvalue weighted by molar-refractivity contribution is 6.01. The number of allylic oxidation sites excluding steroid dienone is 2. The van der Waals surface area contributed by atoms with E-state index in [-0.39, 0.29) is 24.2 Å². The van der Waals surface area contributed by atoms with Crippen molar-refractivity contribution in [1.82, 2.24) is 5.01 Å². The number of hydrazone groups is 1. The Kier molecular flexibility index (Phi) is 4.49. The van der Waals surface area contributed by atoms with Crippen LogP contribution in [0.5, 0.6) is 0 Å². The van der Waals surface area contributed by atoms with Gasteiger partial charge >= 0.3 is 0 Å². The molecular formula is C15H24N4O2. The summed E-state index contributed by atoms with van der Waals surface area (Å²) in [6.07, 6.45) is 5.80. The van der Waals surface area contributed by atoms with Crippen LogP contribution in [-0.2, 0) is 4.74 Å². The molecule has 2 rings (SSSR count). The third-order valence-corrected chi connectivity index (χ3v) is 3.93. The molecule has 6 heteroatoms. The molecule has 0 radical (unpaired) electrons. The Bertz CT molecular complexity index is 520. The van der Waals surface area contributed by atoms with Crippen LogP contribution < -0.4 is 5.73 Å². The van der Waals surface area contributed by atoms with Crippen molar-refractivity contribution in [2.24, 2.45) is 21.2 Å². The monoisotopic (exact) mass is 292 g/mol. The normalized spacial score (nSPS) is 30.9. The fraction of sp³-hybridized carbons (Fsp3) is 0.600. The smallest absolute Gasteiger partial charge is 0.150 e. The number of nitrogens with two attached hydrogens (primary N) is 1. The van der Waals surface area contributed by atoms with E-state index in [0.717, 1.165) is 17.8 Å². The lowest BCUT2D eigenvalue weighted by molar-refractivity contribution is 0.00382. The van der Waals surface area contributed by atoms with E-state index in [2.05, 4.69) is 23.9 Å². The highest BCUT2D eigenvalue weighted by Gasteiger charge is 2.45. The van der Waals surface area contributed by atoms with Gasteiger partial charge in [-0.3, -0.25) is 0 Å². The molecule has 6 nitrogen and oxygen atoms in total. The van der Waals surface area contributed by atoms with Gasteiger partial charge in [0.1, 0.15) is 18.1 Å². The van der Waals surface area contributed by atoms with Crippen LogP contribution in [0.1, 0.15) is 34.1 Å². The maximum atomic E-state index is 9.38. The van der Waals surface area contributed by atoms with Gasteiger partial charge in [-0.1, -0.05) is 26.0 Å². The Morgan fingerprint density at radius 2 is 2.29 bits per heavy atom. The molecule has 2 unspecified atom stereocenters. The van der Waals surface area contributed by atoms with Crippen molar-refractivity contribution in [1.29, 1.82) is 0 Å². The summed E-state index contributed by atoms with van der Waals surface area (Å²) in [5, 5.41) is 15.5. The minimum Gasteiger partial charge on any atom is -0.394 e. The lowest BCUT2D eigenvalue weighted by Gasteiger charge is -2.34. The summed E-state index contributed by atoms with van der Waals surface area (Å²) < 4.78 is 6.02. The fourth-order valence-corrected chi connectivity index (χ4v) is 2.93. The van der Waals surface area contributed by atoms with Crippen LogP contribution in [0.25, 0.3) is 0 Å². The highest BCUT2D eigenvalue weighted by atomic mass is 16.5. The van der Waals surface area contributed by atoms with Crippen molar-refractivity contribution in [3.8, 4) is 0 Å². The van der Waals surface area contributed by atoms with Gasteiger partial charge in [-0.15, -0.1) is 0 Å². The third-order valence-electron chi connectivity index (χ3n) is 3.93. The first-order chi connectivity index (χ1) is 9.94. The second kappa shape index (κ2) is 5.99. The van der Waals surface area contributed by atoms with E-state index in [1.165, 1.54) is 6.34 Å². The standard InChI is InChI=1S/C15H24N4O2/c1-5-11(13-15(3,4)7-10(8-20)21-13)19-12(6-2)14(16)17-9-18-19/h5-6,9-10,13,20H,7-8H2,1-4H3,(H2,16,17,18)/b11-5-,12-6-. The number of amidine groups is 1. The predicted molar refractivity (Wildman–Crippen MR) is 83.6 cm³/mol. The molecule has 0 aliphatic carbocycles. The predicted octanol–water partition coefficient (Wildman–Crippen LogP) is 1.59. The number of aliphatic hydroxyl groups is 1. The molecule has 0 aromatic rings. The molecule has 21 heavy (non-hydrogen) atoms. The number of hydrogen-bond donors (Lipinski definition) is 2. The summed E-state index contributed by atoms with van der Waals surface area (Å²) in [7, 11) is 0. The molecule has 116 valence electrons. The summed E-state index contributed by atoms with van der Waals surface area (Å²) in [6.45, 7) is 8.15. The maximum absolute atomic E-state index is 9.38. The van der Waals surface area contributed by atoms with Crippen LogP contribution in [0.4, 0.5) is 0 Å². The summed E-state index contributed by atoms with van der Waals surface area (Å²) in [5.74, 6) is 0.432. The number of nitrogens with zero attached hydrogens (tertiary/aromatic N) is 3. The second-order valence-electron chi connectivity index (χ2n) is 5.96. The first-order valence-corrected chi connectivity index (χ1v) is 7.19. The number of ether oxygens (including phenoxy) is 1. The van der Waals surface area contributed by atoms with Crippen molar-refractivity contribution in [3.05, 3.63) is 23.5 Å². The molecular weight excluding hydrogens is 268 g/mol. The molecule has 2 aliphatic heterocycles. The van der Waals surface area contributed by atoms with E-state index in [0.29, 0.717) is 5.84 Å². The molecule has 2 atom stereocenters. The van der Waals surface area contributed by atoms with Gasteiger partial charge in [-0.25, -0.2) is 10.0 Å². The van der Waals surface area contributed by atoms with Gasteiger partial charge < -0.3 is 15.6 Å². The number of aliphatic imine (C=N–C) groups is 1. The van der Waals surface area contributed by atoms with E-state index in [1.54, 1.807) is 5.01 Å². The zero-order chi connectivity index (χ0) is 15.6. The molecule has 3 N–H and O–H groups in total. The Morgan fingerprint density at radius 1 is 1.57 bits per heavy atom. The van der Waals surface area contributed by atoms with Crippen molar-refractivity contribution < 1.29 is 9.84 Å². The third kappa shape index (κ3) is 2.87. The zero-order valence-electron chi connectivity index (χ0n) is 13.1. The minimum atomic E-state index is -0.155. The SMILES string of the molecule is C/C=C1/C(N)=NC=NN1/C(=C\C)C1OC(CO)CC1(C)C. The van der Waals surface area contributed by atoms with Gasteiger partial charge in [0.15, 0.2) is 5.84 Å². The van der Waals surface area contributed by atoms with Crippen LogP contribution in [0.3, 0.4) is 0 Å². The van der Waals surface area contributed by atoms with E-state index in [4.69, 9.17) is 10.5 Å². The van der Waals surface area contributed by atoms with E-state index in [1.807, 2.05) is 26.0 Å². The molecule has 1 fully saturated rings. The van der Waals surface area contributed by atoms with Crippen LogP contribution in [0.2, 0.25) is 0 Å². The molecule has 0 saturated carbocycles. The molecule has 1 saturated heterocycles. The number of hydrogen-bond acceptors (Lipinski definition) is 6. The van der Waals surface area contributed by atoms with E-state index < -0.39 is 0 Å². The van der Waals surface area contributed by atoms with Gasteiger partial charge in [0, 0.05) is 0 Å². The van der Waals surface area contributed by atoms with Gasteiger partial charge in [0.2, 0.25) is 0 Å². The molecule has 0 bridgehead atoms. The Balaban J connectivity index is 2.33. The highest BCUT2D eigenvalue weighted by Crippen LogP contribution is 2.43. The molecule has 0 aromatic carbocycles. The quantitative estimate of drug-likeness (QED) is 0.827. The van der Waals surface area contributed by atoms with Crippen LogP contribution >= 0.6 is 0 Å². The van der Waals surface area contributed by atoms with Gasteiger partial charge in [0.25, 0.3) is 0 Å². The Morgan fingerprint density at radius 3 is 2.81 bits per heavy atom.